The number of amides is 1. The van der Waals surface area contributed by atoms with E-state index in [9.17, 15) is 9.59 Å². The zero-order chi connectivity index (χ0) is 19.1. The zero-order valence-corrected chi connectivity index (χ0v) is 16.9. The summed E-state index contributed by atoms with van der Waals surface area (Å²) in [7, 11) is 0. The first kappa shape index (κ1) is 17.6. The van der Waals surface area contributed by atoms with Gasteiger partial charge in [0.25, 0.3) is 5.91 Å². The van der Waals surface area contributed by atoms with Crippen LogP contribution in [0.3, 0.4) is 0 Å². The Labute approximate surface area is 171 Å². The Hall–Kier alpha value is -2.50. The van der Waals surface area contributed by atoms with E-state index < -0.39 is 0 Å². The SMILES string of the molecule is O=C(c1ccccc1)C1CCN(C(=O)c2cc3sc4ccccc4c3s2)CC1. The number of hydrogen-bond acceptors (Lipinski definition) is 4. The van der Waals surface area contributed by atoms with Crippen molar-refractivity contribution in [1.29, 1.82) is 0 Å². The van der Waals surface area contributed by atoms with Crippen molar-refractivity contribution in [3.05, 3.63) is 71.1 Å². The molecule has 28 heavy (non-hydrogen) atoms. The number of fused-ring (bicyclic) bond motifs is 3. The smallest absolute Gasteiger partial charge is 0.263 e. The van der Waals surface area contributed by atoms with Crippen LogP contribution in [0.5, 0.6) is 0 Å². The number of nitrogens with zero attached hydrogens (tertiary/aromatic N) is 1. The largest absolute Gasteiger partial charge is 0.338 e. The van der Waals surface area contributed by atoms with E-state index in [4.69, 9.17) is 0 Å². The Bertz CT molecular complexity index is 1170. The number of ketones is 1. The standard InChI is InChI=1S/C23H19NO2S2/c25-21(15-6-2-1-3-7-15)16-10-12-24(13-11-16)23(26)20-14-19-22(28-20)17-8-4-5-9-18(17)27-19/h1-9,14,16H,10-13H2. The Morgan fingerprint density at radius 2 is 1.57 bits per heavy atom. The van der Waals surface area contributed by atoms with E-state index in [1.54, 1.807) is 22.7 Å². The predicted octanol–water partition coefficient (Wildman–Crippen LogP) is 5.85. The topological polar surface area (TPSA) is 37.4 Å². The van der Waals surface area contributed by atoms with Gasteiger partial charge in [-0.25, -0.2) is 0 Å². The van der Waals surface area contributed by atoms with Crippen LogP contribution < -0.4 is 0 Å². The summed E-state index contributed by atoms with van der Waals surface area (Å²) in [5.41, 5.74) is 0.776. The molecule has 3 nitrogen and oxygen atoms in total. The van der Waals surface area contributed by atoms with Gasteiger partial charge in [0.05, 0.1) is 9.58 Å². The minimum Gasteiger partial charge on any atom is -0.338 e. The van der Waals surface area contributed by atoms with Crippen molar-refractivity contribution >= 4 is 53.8 Å². The molecule has 5 rings (SSSR count). The first-order valence-electron chi connectivity index (χ1n) is 9.50. The quantitative estimate of drug-likeness (QED) is 0.401. The van der Waals surface area contributed by atoms with E-state index in [-0.39, 0.29) is 17.6 Å². The van der Waals surface area contributed by atoms with Gasteiger partial charge in [-0.05, 0) is 25.0 Å². The van der Waals surface area contributed by atoms with Gasteiger partial charge in [-0.1, -0.05) is 48.5 Å². The molecular weight excluding hydrogens is 386 g/mol. The number of rotatable bonds is 3. The van der Waals surface area contributed by atoms with Crippen LogP contribution in [0, 0.1) is 5.92 Å². The molecule has 0 atom stereocenters. The molecule has 0 unspecified atom stereocenters. The molecule has 1 fully saturated rings. The van der Waals surface area contributed by atoms with Crippen molar-refractivity contribution in [3.8, 4) is 0 Å². The number of carbonyl (C=O) groups is 2. The molecule has 3 heterocycles. The van der Waals surface area contributed by atoms with Gasteiger partial charge >= 0.3 is 0 Å². The van der Waals surface area contributed by atoms with Crippen molar-refractivity contribution in [3.63, 3.8) is 0 Å². The molecule has 140 valence electrons. The Morgan fingerprint density at radius 3 is 2.36 bits per heavy atom. The van der Waals surface area contributed by atoms with Gasteiger partial charge < -0.3 is 4.90 Å². The van der Waals surface area contributed by atoms with Crippen LogP contribution >= 0.6 is 22.7 Å². The van der Waals surface area contributed by atoms with Crippen LogP contribution in [0.15, 0.2) is 60.7 Å². The fourth-order valence-electron chi connectivity index (χ4n) is 3.94. The number of hydrogen-bond donors (Lipinski definition) is 0. The average molecular weight is 406 g/mol. The number of carbonyl (C=O) groups excluding carboxylic acids is 2. The molecule has 0 aliphatic carbocycles. The molecule has 0 N–H and O–H groups in total. The average Bonchev–Trinajstić information content (AvgIpc) is 3.31. The van der Waals surface area contributed by atoms with E-state index in [0.29, 0.717) is 13.1 Å². The van der Waals surface area contributed by atoms with Crippen LogP contribution in [-0.2, 0) is 0 Å². The molecule has 1 aliphatic heterocycles. The van der Waals surface area contributed by atoms with Gasteiger partial charge in [-0.15, -0.1) is 22.7 Å². The van der Waals surface area contributed by atoms with E-state index in [0.717, 1.165) is 23.3 Å². The highest BCUT2D eigenvalue weighted by Gasteiger charge is 2.29. The Balaban J connectivity index is 1.30. The number of Topliss-reactive ketones (excluding diaryl/α,β-unsaturated/α-hetero) is 1. The summed E-state index contributed by atoms with van der Waals surface area (Å²) in [6, 6.07) is 19.9. The molecule has 0 radical (unpaired) electrons. The third-order valence-corrected chi connectivity index (χ3v) is 7.87. The molecule has 0 saturated carbocycles. The lowest BCUT2D eigenvalue weighted by atomic mass is 9.89. The van der Waals surface area contributed by atoms with Gasteiger partial charge in [0.2, 0.25) is 0 Å². The minimum atomic E-state index is 0.0159. The zero-order valence-electron chi connectivity index (χ0n) is 15.3. The lowest BCUT2D eigenvalue weighted by Crippen LogP contribution is -2.40. The molecular formula is C23H19NO2S2. The van der Waals surface area contributed by atoms with E-state index in [1.165, 1.54) is 19.5 Å². The van der Waals surface area contributed by atoms with Crippen molar-refractivity contribution < 1.29 is 9.59 Å². The predicted molar refractivity (Wildman–Crippen MR) is 117 cm³/mol. The van der Waals surface area contributed by atoms with Crippen LogP contribution in [-0.4, -0.2) is 29.7 Å². The molecule has 1 amide bonds. The number of likely N-dealkylation sites (tertiary alicyclic amines) is 1. The Kier molecular flexibility index (Phi) is 4.49. The molecule has 4 aromatic rings. The van der Waals surface area contributed by atoms with Gasteiger partial charge in [-0.3, -0.25) is 9.59 Å². The van der Waals surface area contributed by atoms with Crippen molar-refractivity contribution in [1.82, 2.24) is 4.90 Å². The van der Waals surface area contributed by atoms with Crippen molar-refractivity contribution in [2.45, 2.75) is 12.8 Å². The van der Waals surface area contributed by atoms with Crippen LogP contribution in [0.1, 0.15) is 32.9 Å². The van der Waals surface area contributed by atoms with Crippen molar-refractivity contribution in [2.75, 3.05) is 13.1 Å². The van der Waals surface area contributed by atoms with Crippen LogP contribution in [0.2, 0.25) is 0 Å². The summed E-state index contributed by atoms with van der Waals surface area (Å²) in [5.74, 6) is 0.320. The summed E-state index contributed by atoms with van der Waals surface area (Å²) < 4.78 is 3.66. The monoisotopic (exact) mass is 405 g/mol. The third-order valence-electron chi connectivity index (χ3n) is 5.47. The summed E-state index contributed by atoms with van der Waals surface area (Å²) in [6.45, 7) is 1.29. The minimum absolute atomic E-state index is 0.0159. The van der Waals surface area contributed by atoms with Crippen LogP contribution in [0.4, 0.5) is 0 Å². The van der Waals surface area contributed by atoms with E-state index in [1.807, 2.05) is 47.4 Å². The summed E-state index contributed by atoms with van der Waals surface area (Å²) >= 11 is 3.33. The first-order chi connectivity index (χ1) is 13.7. The number of piperidine rings is 1. The second-order valence-corrected chi connectivity index (χ2v) is 9.33. The normalized spacial score (nSPS) is 15.4. The molecule has 2 aromatic carbocycles. The highest BCUT2D eigenvalue weighted by Crippen LogP contribution is 2.39. The fraction of sp³-hybridized carbons (Fsp3) is 0.217. The first-order valence-corrected chi connectivity index (χ1v) is 11.1. The fourth-order valence-corrected chi connectivity index (χ4v) is 6.44. The van der Waals surface area contributed by atoms with Gasteiger partial charge in [0.15, 0.2) is 5.78 Å². The molecule has 1 aliphatic rings. The molecule has 2 aromatic heterocycles. The second kappa shape index (κ2) is 7.15. The highest BCUT2D eigenvalue weighted by atomic mass is 32.1. The van der Waals surface area contributed by atoms with Gasteiger partial charge in [0.1, 0.15) is 0 Å². The van der Waals surface area contributed by atoms with Gasteiger partial charge in [-0.2, -0.15) is 0 Å². The van der Waals surface area contributed by atoms with E-state index >= 15 is 0 Å². The van der Waals surface area contributed by atoms with Gasteiger partial charge in [0, 0.05) is 39.4 Å². The lowest BCUT2D eigenvalue weighted by Gasteiger charge is -2.31. The molecule has 0 bridgehead atoms. The molecule has 0 spiro atoms. The van der Waals surface area contributed by atoms with Crippen molar-refractivity contribution in [2.24, 2.45) is 5.92 Å². The number of benzene rings is 2. The second-order valence-electron chi connectivity index (χ2n) is 7.20. The maximum absolute atomic E-state index is 13.0. The molecule has 5 heteroatoms. The lowest BCUT2D eigenvalue weighted by molar-refractivity contribution is 0.0654. The summed E-state index contributed by atoms with van der Waals surface area (Å²) in [5, 5.41) is 1.23. The number of thiophene rings is 2. The summed E-state index contributed by atoms with van der Waals surface area (Å²) in [4.78, 5) is 28.4. The maximum Gasteiger partial charge on any atom is 0.263 e. The Morgan fingerprint density at radius 1 is 0.857 bits per heavy atom. The summed E-state index contributed by atoms with van der Waals surface area (Å²) in [6.07, 6.45) is 1.48. The van der Waals surface area contributed by atoms with Crippen LogP contribution in [0.25, 0.3) is 19.5 Å². The highest BCUT2D eigenvalue weighted by molar-refractivity contribution is 7.33. The third kappa shape index (κ3) is 3.05. The molecule has 1 saturated heterocycles. The van der Waals surface area contributed by atoms with E-state index in [2.05, 4.69) is 18.2 Å². The maximum atomic E-state index is 13.0.